The molecule has 2 saturated heterocycles. The SMILES string of the molecule is Cc1c(C=O)c(CCC2(C)CCC(=O)O2)c(OCCN2CCOCC2)c2c1COC2=O. The lowest BCUT2D eigenvalue weighted by Crippen LogP contribution is -2.38. The molecule has 3 aliphatic rings. The molecule has 168 valence electrons. The van der Waals surface area contributed by atoms with Gasteiger partial charge in [0.1, 0.15) is 30.1 Å². The van der Waals surface area contributed by atoms with E-state index in [9.17, 15) is 14.4 Å². The summed E-state index contributed by atoms with van der Waals surface area (Å²) in [6.45, 7) is 8.06. The zero-order valence-electron chi connectivity index (χ0n) is 18.2. The molecule has 0 bridgehead atoms. The van der Waals surface area contributed by atoms with Crippen molar-refractivity contribution in [3.8, 4) is 5.75 Å². The van der Waals surface area contributed by atoms with Crippen LogP contribution >= 0.6 is 0 Å². The maximum atomic E-state index is 12.5. The smallest absolute Gasteiger partial charge is 0.342 e. The van der Waals surface area contributed by atoms with Crippen LogP contribution < -0.4 is 4.74 Å². The molecule has 0 aromatic heterocycles. The summed E-state index contributed by atoms with van der Waals surface area (Å²) in [5.41, 5.74) is 2.54. The molecule has 1 aromatic carbocycles. The minimum atomic E-state index is -0.574. The molecule has 1 unspecified atom stereocenters. The van der Waals surface area contributed by atoms with Crippen molar-refractivity contribution in [3.63, 3.8) is 0 Å². The second-order valence-corrected chi connectivity index (χ2v) is 8.62. The van der Waals surface area contributed by atoms with E-state index in [1.54, 1.807) is 0 Å². The molecule has 0 aliphatic carbocycles. The summed E-state index contributed by atoms with van der Waals surface area (Å²) >= 11 is 0. The lowest BCUT2D eigenvalue weighted by molar-refractivity contribution is -0.147. The third kappa shape index (κ3) is 4.45. The first-order valence-corrected chi connectivity index (χ1v) is 10.9. The van der Waals surface area contributed by atoms with Gasteiger partial charge in [-0.05, 0) is 38.7 Å². The molecule has 0 N–H and O–H groups in total. The molecular formula is C23H29NO7. The van der Waals surface area contributed by atoms with E-state index in [-0.39, 0.29) is 12.6 Å². The van der Waals surface area contributed by atoms with Crippen LogP contribution in [0.3, 0.4) is 0 Å². The van der Waals surface area contributed by atoms with Crippen molar-refractivity contribution in [1.29, 1.82) is 0 Å². The number of cyclic esters (lactones) is 2. The van der Waals surface area contributed by atoms with Crippen molar-refractivity contribution < 1.29 is 33.3 Å². The van der Waals surface area contributed by atoms with E-state index in [0.29, 0.717) is 74.5 Å². The van der Waals surface area contributed by atoms with Crippen LogP contribution in [0.1, 0.15) is 63.6 Å². The Labute approximate surface area is 181 Å². The minimum Gasteiger partial charge on any atom is -0.491 e. The van der Waals surface area contributed by atoms with Crippen molar-refractivity contribution in [1.82, 2.24) is 4.90 Å². The largest absolute Gasteiger partial charge is 0.491 e. The number of carbonyl (C=O) groups is 3. The number of hydrogen-bond donors (Lipinski definition) is 0. The number of aldehydes is 1. The highest BCUT2D eigenvalue weighted by molar-refractivity contribution is 5.99. The summed E-state index contributed by atoms with van der Waals surface area (Å²) in [4.78, 5) is 38.4. The Kier molecular flexibility index (Phi) is 6.29. The molecule has 8 nitrogen and oxygen atoms in total. The van der Waals surface area contributed by atoms with Crippen molar-refractivity contribution >= 4 is 18.2 Å². The molecule has 2 fully saturated rings. The number of fused-ring (bicyclic) bond motifs is 1. The van der Waals surface area contributed by atoms with Gasteiger partial charge < -0.3 is 18.9 Å². The number of esters is 2. The second-order valence-electron chi connectivity index (χ2n) is 8.62. The number of morpholine rings is 1. The number of nitrogens with zero attached hydrogens (tertiary/aromatic N) is 1. The van der Waals surface area contributed by atoms with Gasteiger partial charge in [0, 0.05) is 42.7 Å². The molecule has 0 spiro atoms. The van der Waals surface area contributed by atoms with E-state index in [1.807, 2.05) is 13.8 Å². The Bertz CT molecular complexity index is 891. The molecule has 0 saturated carbocycles. The first-order chi connectivity index (χ1) is 14.9. The fraction of sp³-hybridized carbons (Fsp3) is 0.609. The lowest BCUT2D eigenvalue weighted by atomic mass is 9.87. The fourth-order valence-corrected chi connectivity index (χ4v) is 4.57. The van der Waals surface area contributed by atoms with Crippen molar-refractivity contribution in [2.75, 3.05) is 39.5 Å². The van der Waals surface area contributed by atoms with Crippen molar-refractivity contribution in [2.24, 2.45) is 0 Å². The quantitative estimate of drug-likeness (QED) is 0.457. The molecule has 1 aromatic rings. The maximum Gasteiger partial charge on any atom is 0.342 e. The Balaban J connectivity index is 1.61. The van der Waals surface area contributed by atoms with Crippen LogP contribution in [0.15, 0.2) is 0 Å². The van der Waals surface area contributed by atoms with Crippen LogP contribution in [0, 0.1) is 6.92 Å². The first-order valence-electron chi connectivity index (χ1n) is 10.9. The number of hydrogen-bond acceptors (Lipinski definition) is 8. The van der Waals surface area contributed by atoms with E-state index in [4.69, 9.17) is 18.9 Å². The average molecular weight is 431 g/mol. The maximum absolute atomic E-state index is 12.5. The van der Waals surface area contributed by atoms with Crippen LogP contribution in [0.5, 0.6) is 5.75 Å². The Morgan fingerprint density at radius 2 is 2.00 bits per heavy atom. The summed E-state index contributed by atoms with van der Waals surface area (Å²) in [5.74, 6) is -0.183. The molecule has 8 heteroatoms. The van der Waals surface area contributed by atoms with Gasteiger partial charge in [0.05, 0.1) is 13.2 Å². The third-order valence-corrected chi connectivity index (χ3v) is 6.53. The summed E-state index contributed by atoms with van der Waals surface area (Å²) in [5, 5.41) is 0. The van der Waals surface area contributed by atoms with Gasteiger partial charge in [0.2, 0.25) is 0 Å². The zero-order chi connectivity index (χ0) is 22.0. The predicted molar refractivity (Wildman–Crippen MR) is 110 cm³/mol. The van der Waals surface area contributed by atoms with Crippen LogP contribution in [-0.4, -0.2) is 68.2 Å². The lowest BCUT2D eigenvalue weighted by Gasteiger charge is -2.27. The molecule has 1 atom stereocenters. The van der Waals surface area contributed by atoms with Crippen molar-refractivity contribution in [3.05, 3.63) is 27.8 Å². The van der Waals surface area contributed by atoms with Crippen LogP contribution in [-0.2, 0) is 32.0 Å². The van der Waals surface area contributed by atoms with E-state index < -0.39 is 11.6 Å². The zero-order valence-corrected chi connectivity index (χ0v) is 18.2. The first kappa shape index (κ1) is 21.8. The molecule has 4 rings (SSSR count). The molecule has 0 amide bonds. The Morgan fingerprint density at radius 1 is 1.23 bits per heavy atom. The van der Waals surface area contributed by atoms with Gasteiger partial charge in [0.15, 0.2) is 6.29 Å². The Morgan fingerprint density at radius 3 is 2.68 bits per heavy atom. The third-order valence-electron chi connectivity index (χ3n) is 6.53. The number of rotatable bonds is 8. The van der Waals surface area contributed by atoms with E-state index >= 15 is 0 Å². The van der Waals surface area contributed by atoms with Gasteiger partial charge in [-0.15, -0.1) is 0 Å². The Hall–Kier alpha value is -2.45. The minimum absolute atomic E-state index is 0.149. The fourth-order valence-electron chi connectivity index (χ4n) is 4.57. The monoisotopic (exact) mass is 431 g/mol. The molecule has 31 heavy (non-hydrogen) atoms. The summed E-state index contributed by atoms with van der Waals surface area (Å²) < 4.78 is 22.3. The highest BCUT2D eigenvalue weighted by Crippen LogP contribution is 2.40. The van der Waals surface area contributed by atoms with Gasteiger partial charge in [-0.3, -0.25) is 14.5 Å². The molecule has 3 aliphatic heterocycles. The van der Waals surface area contributed by atoms with E-state index in [1.165, 1.54) is 0 Å². The molecule has 3 heterocycles. The highest BCUT2D eigenvalue weighted by atomic mass is 16.6. The normalized spacial score (nSPS) is 23.4. The van der Waals surface area contributed by atoms with Crippen molar-refractivity contribution in [2.45, 2.75) is 51.7 Å². The highest BCUT2D eigenvalue weighted by Gasteiger charge is 2.37. The predicted octanol–water partition coefficient (Wildman–Crippen LogP) is 2.22. The van der Waals surface area contributed by atoms with Crippen LogP contribution in [0.2, 0.25) is 0 Å². The van der Waals surface area contributed by atoms with Gasteiger partial charge in [0.25, 0.3) is 0 Å². The molecular weight excluding hydrogens is 402 g/mol. The second kappa shape index (κ2) is 8.96. The number of carbonyl (C=O) groups excluding carboxylic acids is 3. The molecule has 0 radical (unpaired) electrons. The number of ether oxygens (including phenoxy) is 4. The summed E-state index contributed by atoms with van der Waals surface area (Å²) in [6.07, 6.45) is 2.88. The van der Waals surface area contributed by atoms with E-state index in [0.717, 1.165) is 30.5 Å². The standard InChI is InChI=1S/C23H29NO7/c1-15-17(13-25)16(3-5-23(2)6-4-19(26)31-23)21(20-18(15)14-30-22(20)27)29-12-9-24-7-10-28-11-8-24/h13H,3-12,14H2,1-2H3. The average Bonchev–Trinajstić information content (AvgIpc) is 3.31. The summed E-state index contributed by atoms with van der Waals surface area (Å²) in [7, 11) is 0. The van der Waals surface area contributed by atoms with Gasteiger partial charge in [-0.1, -0.05) is 0 Å². The van der Waals surface area contributed by atoms with E-state index in [2.05, 4.69) is 4.90 Å². The number of benzene rings is 1. The van der Waals surface area contributed by atoms with Crippen LogP contribution in [0.4, 0.5) is 0 Å². The topological polar surface area (TPSA) is 91.4 Å². The van der Waals surface area contributed by atoms with Gasteiger partial charge in [-0.25, -0.2) is 4.79 Å². The van der Waals surface area contributed by atoms with Crippen LogP contribution in [0.25, 0.3) is 0 Å². The van der Waals surface area contributed by atoms with Gasteiger partial charge >= 0.3 is 11.9 Å². The summed E-state index contributed by atoms with van der Waals surface area (Å²) in [6, 6.07) is 0. The van der Waals surface area contributed by atoms with Gasteiger partial charge in [-0.2, -0.15) is 0 Å².